The maximum absolute atomic E-state index is 11.0. The molecule has 0 spiro atoms. The Morgan fingerprint density at radius 2 is 2.24 bits per heavy atom. The minimum atomic E-state index is -0.432. The fourth-order valence-electron chi connectivity index (χ4n) is 2.12. The molecule has 1 aromatic rings. The molecule has 5 heteroatoms. The Bertz CT molecular complexity index is 433. The quantitative estimate of drug-likeness (QED) is 0.656. The zero-order valence-electron chi connectivity index (χ0n) is 9.65. The van der Waals surface area contributed by atoms with Crippen LogP contribution in [-0.4, -0.2) is 11.0 Å². The van der Waals surface area contributed by atoms with Gasteiger partial charge in [-0.2, -0.15) is 0 Å². The smallest absolute Gasteiger partial charge is 0.310 e. The van der Waals surface area contributed by atoms with E-state index in [1.54, 1.807) is 18.2 Å². The van der Waals surface area contributed by atoms with Gasteiger partial charge < -0.3 is 5.32 Å². The van der Waals surface area contributed by atoms with Crippen LogP contribution >= 0.6 is 11.6 Å². The lowest BCUT2D eigenvalue weighted by molar-refractivity contribution is -0.383. The Hall–Kier alpha value is -1.29. The van der Waals surface area contributed by atoms with Crippen LogP contribution in [0.25, 0.3) is 0 Å². The van der Waals surface area contributed by atoms with Crippen molar-refractivity contribution in [3.63, 3.8) is 0 Å². The van der Waals surface area contributed by atoms with Crippen LogP contribution in [0.5, 0.6) is 0 Å². The second kappa shape index (κ2) is 4.92. The van der Waals surface area contributed by atoms with Crippen molar-refractivity contribution in [2.24, 2.45) is 5.92 Å². The van der Waals surface area contributed by atoms with E-state index >= 15 is 0 Å². The summed E-state index contributed by atoms with van der Waals surface area (Å²) in [4.78, 5) is 10.5. The third kappa shape index (κ3) is 2.52. The Morgan fingerprint density at radius 1 is 1.53 bits per heavy atom. The van der Waals surface area contributed by atoms with E-state index in [-0.39, 0.29) is 16.8 Å². The molecule has 1 aromatic carbocycles. The Kier molecular flexibility index (Phi) is 3.52. The number of nitro benzene ring substituents is 1. The van der Waals surface area contributed by atoms with Gasteiger partial charge in [0, 0.05) is 6.04 Å². The molecular weight excluding hydrogens is 240 g/mol. The molecule has 92 valence electrons. The highest BCUT2D eigenvalue weighted by Crippen LogP contribution is 2.36. The highest BCUT2D eigenvalue weighted by molar-refractivity contribution is 6.33. The molecule has 0 saturated heterocycles. The summed E-state index contributed by atoms with van der Waals surface area (Å²) in [5, 5.41) is 14.3. The van der Waals surface area contributed by atoms with Gasteiger partial charge in [0.25, 0.3) is 0 Å². The van der Waals surface area contributed by atoms with Gasteiger partial charge in [-0.3, -0.25) is 10.1 Å². The summed E-state index contributed by atoms with van der Waals surface area (Å²) in [5.41, 5.74) is 0.488. The van der Waals surface area contributed by atoms with Gasteiger partial charge in [-0.1, -0.05) is 24.1 Å². The third-order valence-electron chi connectivity index (χ3n) is 3.41. The Labute approximate surface area is 105 Å². The molecular formula is C12H15ClN2O2. The molecule has 0 radical (unpaired) electrons. The van der Waals surface area contributed by atoms with Crippen LogP contribution in [0.15, 0.2) is 18.2 Å². The van der Waals surface area contributed by atoms with Gasteiger partial charge in [0.15, 0.2) is 0 Å². The molecule has 1 fully saturated rings. The van der Waals surface area contributed by atoms with Crippen LogP contribution in [0.3, 0.4) is 0 Å². The molecule has 1 N–H and O–H groups in total. The van der Waals surface area contributed by atoms with Crippen molar-refractivity contribution < 1.29 is 4.92 Å². The SMILES string of the molecule is CC(Nc1cccc(Cl)c1[N+](=O)[O-])C1CCC1. The summed E-state index contributed by atoms with van der Waals surface area (Å²) in [6.45, 7) is 2.06. The van der Waals surface area contributed by atoms with Gasteiger partial charge >= 0.3 is 5.69 Å². The first-order valence-corrected chi connectivity index (χ1v) is 6.17. The Morgan fingerprint density at radius 3 is 2.76 bits per heavy atom. The van der Waals surface area contributed by atoms with Crippen molar-refractivity contribution in [1.29, 1.82) is 0 Å². The number of hydrogen-bond donors (Lipinski definition) is 1. The fourth-order valence-corrected chi connectivity index (χ4v) is 2.36. The van der Waals surface area contributed by atoms with E-state index in [0.29, 0.717) is 11.6 Å². The normalized spacial score (nSPS) is 17.3. The van der Waals surface area contributed by atoms with E-state index in [1.807, 2.05) is 0 Å². The predicted molar refractivity (Wildman–Crippen MR) is 68.5 cm³/mol. The Balaban J connectivity index is 2.19. The number of halogens is 1. The van der Waals surface area contributed by atoms with E-state index in [0.717, 1.165) is 0 Å². The van der Waals surface area contributed by atoms with Gasteiger partial charge in [-0.05, 0) is 37.8 Å². The van der Waals surface area contributed by atoms with Crippen molar-refractivity contribution in [2.45, 2.75) is 32.2 Å². The van der Waals surface area contributed by atoms with Gasteiger partial charge in [0.2, 0.25) is 0 Å². The van der Waals surface area contributed by atoms with E-state index in [1.165, 1.54) is 19.3 Å². The molecule has 1 aliphatic rings. The van der Waals surface area contributed by atoms with Crippen molar-refractivity contribution in [1.82, 2.24) is 0 Å². The lowest BCUT2D eigenvalue weighted by Crippen LogP contribution is -2.31. The van der Waals surface area contributed by atoms with Crippen LogP contribution in [-0.2, 0) is 0 Å². The van der Waals surface area contributed by atoms with Crippen LogP contribution in [0.4, 0.5) is 11.4 Å². The number of nitrogens with one attached hydrogen (secondary N) is 1. The van der Waals surface area contributed by atoms with E-state index in [2.05, 4.69) is 12.2 Å². The van der Waals surface area contributed by atoms with E-state index in [4.69, 9.17) is 11.6 Å². The summed E-state index contributed by atoms with van der Waals surface area (Å²) in [6, 6.07) is 5.23. The first-order valence-electron chi connectivity index (χ1n) is 5.79. The maximum Gasteiger partial charge on any atom is 0.310 e. The zero-order chi connectivity index (χ0) is 12.4. The summed E-state index contributed by atoms with van der Waals surface area (Å²) >= 11 is 5.85. The lowest BCUT2D eigenvalue weighted by atomic mass is 9.80. The highest BCUT2D eigenvalue weighted by Gasteiger charge is 2.26. The van der Waals surface area contributed by atoms with Crippen LogP contribution in [0, 0.1) is 16.0 Å². The minimum Gasteiger partial charge on any atom is -0.377 e. The number of nitro groups is 1. The number of nitrogens with zero attached hydrogens (tertiary/aromatic N) is 1. The number of anilines is 1. The minimum absolute atomic E-state index is 0.0275. The molecule has 0 aromatic heterocycles. The number of para-hydroxylation sites is 1. The van der Waals surface area contributed by atoms with Gasteiger partial charge in [0.1, 0.15) is 10.7 Å². The molecule has 1 saturated carbocycles. The topological polar surface area (TPSA) is 55.2 Å². The molecule has 4 nitrogen and oxygen atoms in total. The van der Waals surface area contributed by atoms with Crippen LogP contribution in [0.2, 0.25) is 5.02 Å². The molecule has 1 aliphatic carbocycles. The molecule has 0 bridgehead atoms. The molecule has 2 rings (SSSR count). The van der Waals surface area contributed by atoms with E-state index < -0.39 is 4.92 Å². The maximum atomic E-state index is 11.0. The molecule has 0 heterocycles. The average Bonchev–Trinajstić information content (AvgIpc) is 2.13. The van der Waals surface area contributed by atoms with E-state index in [9.17, 15) is 10.1 Å². The monoisotopic (exact) mass is 254 g/mol. The fraction of sp³-hybridized carbons (Fsp3) is 0.500. The van der Waals surface area contributed by atoms with Crippen molar-refractivity contribution in [3.8, 4) is 0 Å². The summed E-state index contributed by atoms with van der Waals surface area (Å²) in [6.07, 6.45) is 3.65. The zero-order valence-corrected chi connectivity index (χ0v) is 10.4. The third-order valence-corrected chi connectivity index (χ3v) is 3.71. The largest absolute Gasteiger partial charge is 0.377 e. The molecule has 17 heavy (non-hydrogen) atoms. The van der Waals surface area contributed by atoms with Crippen molar-refractivity contribution in [3.05, 3.63) is 33.3 Å². The lowest BCUT2D eigenvalue weighted by Gasteiger charge is -2.32. The predicted octanol–water partition coefficient (Wildman–Crippen LogP) is 3.85. The number of benzene rings is 1. The van der Waals surface area contributed by atoms with Gasteiger partial charge in [-0.25, -0.2) is 0 Å². The van der Waals surface area contributed by atoms with Crippen LogP contribution < -0.4 is 5.32 Å². The van der Waals surface area contributed by atoms with Crippen LogP contribution in [0.1, 0.15) is 26.2 Å². The van der Waals surface area contributed by atoms with Gasteiger partial charge in [-0.15, -0.1) is 0 Å². The van der Waals surface area contributed by atoms with Crippen molar-refractivity contribution >= 4 is 23.0 Å². The summed E-state index contributed by atoms with van der Waals surface area (Å²) in [7, 11) is 0. The highest BCUT2D eigenvalue weighted by atomic mass is 35.5. The first-order chi connectivity index (χ1) is 8.09. The number of hydrogen-bond acceptors (Lipinski definition) is 3. The summed E-state index contributed by atoms with van der Waals surface area (Å²) in [5.74, 6) is 0.619. The summed E-state index contributed by atoms with van der Waals surface area (Å²) < 4.78 is 0. The second-order valence-corrected chi connectivity index (χ2v) is 4.92. The molecule has 0 aliphatic heterocycles. The molecule has 0 amide bonds. The van der Waals surface area contributed by atoms with Gasteiger partial charge in [0.05, 0.1) is 4.92 Å². The van der Waals surface area contributed by atoms with Crippen molar-refractivity contribution in [2.75, 3.05) is 5.32 Å². The number of rotatable bonds is 4. The average molecular weight is 255 g/mol. The molecule has 1 atom stereocenters. The molecule has 1 unspecified atom stereocenters. The standard InChI is InChI=1S/C12H15ClN2O2/c1-8(9-4-2-5-9)14-11-7-3-6-10(13)12(11)15(16)17/h3,6-9,14H,2,4-5H2,1H3. The first kappa shape index (κ1) is 12.2. The second-order valence-electron chi connectivity index (χ2n) is 4.52.